The molecule has 2 nitrogen and oxygen atoms in total. The van der Waals surface area contributed by atoms with Gasteiger partial charge in [-0.2, -0.15) is 0 Å². The first kappa shape index (κ1) is 11.5. The van der Waals surface area contributed by atoms with Crippen LogP contribution in [0.5, 0.6) is 0 Å². The molecule has 0 amide bonds. The van der Waals surface area contributed by atoms with Gasteiger partial charge in [0.05, 0.1) is 0 Å². The summed E-state index contributed by atoms with van der Waals surface area (Å²) in [6, 6.07) is 9.60. The minimum atomic E-state index is -0.242. The molecule has 1 rings (SSSR count). The fourth-order valence-corrected chi connectivity index (χ4v) is 0.759. The predicted octanol–water partition coefficient (Wildman–Crippen LogP) is 1.59. The van der Waals surface area contributed by atoms with Gasteiger partial charge in [-0.15, -0.1) is 0 Å². The molecule has 1 aromatic carbocycles. The van der Waals surface area contributed by atoms with E-state index in [2.05, 4.69) is 0 Å². The van der Waals surface area contributed by atoms with Crippen LogP contribution in [0.1, 0.15) is 15.3 Å². The van der Waals surface area contributed by atoms with Gasteiger partial charge in [0, 0.05) is 6.92 Å². The Morgan fingerprint density at radius 1 is 1.42 bits per heavy atom. The summed E-state index contributed by atoms with van der Waals surface area (Å²) < 4.78 is 4.79. The Morgan fingerprint density at radius 2 is 2.00 bits per heavy atom. The Kier molecular flexibility index (Phi) is 5.75. The van der Waals surface area contributed by atoms with E-state index in [4.69, 9.17) is 4.74 Å². The van der Waals surface area contributed by atoms with Crippen LogP contribution in [0, 0.1) is 0 Å². The van der Waals surface area contributed by atoms with E-state index < -0.39 is 0 Å². The molecule has 0 spiro atoms. The summed E-state index contributed by atoms with van der Waals surface area (Å²) in [7, 11) is 0. The third-order valence-electron chi connectivity index (χ3n) is 1.28. The Balaban J connectivity index is -0.000000403. The average Bonchev–Trinajstić information content (AvgIpc) is 2.03. The van der Waals surface area contributed by atoms with Gasteiger partial charge >= 0.3 is 29.0 Å². The van der Waals surface area contributed by atoms with Gasteiger partial charge in [0.1, 0.15) is 6.61 Å². The molecule has 0 bridgehead atoms. The van der Waals surface area contributed by atoms with E-state index in [-0.39, 0.29) is 31.9 Å². The molecule has 0 unspecified atom stereocenters. The number of hydrogen-bond donors (Lipinski definition) is 0. The molecular weight excluding hydrogens is 164 g/mol. The molecule has 0 heterocycles. The summed E-state index contributed by atoms with van der Waals surface area (Å²) in [5.74, 6) is -0.242. The van der Waals surface area contributed by atoms with Crippen molar-refractivity contribution in [3.63, 3.8) is 0 Å². The van der Waals surface area contributed by atoms with Crippen molar-refractivity contribution < 1.29 is 12.4 Å². The van der Waals surface area contributed by atoms with Gasteiger partial charge in [0.15, 0.2) is 0 Å². The Hall–Kier alpha value is -0.544. The summed E-state index contributed by atoms with van der Waals surface area (Å²) in [6.45, 7) is 1.78. The van der Waals surface area contributed by atoms with Crippen LogP contribution in [0.15, 0.2) is 30.3 Å². The van der Waals surface area contributed by atoms with Crippen LogP contribution < -0.4 is 0 Å². The first-order valence-electron chi connectivity index (χ1n) is 3.46. The van der Waals surface area contributed by atoms with Gasteiger partial charge in [-0.1, -0.05) is 30.3 Å². The number of rotatable bonds is 2. The smallest absolute Gasteiger partial charge is 1.00 e. The molecule has 0 saturated carbocycles. The first-order valence-corrected chi connectivity index (χ1v) is 3.46. The molecule has 0 N–H and O–H groups in total. The van der Waals surface area contributed by atoms with Crippen molar-refractivity contribution in [3.05, 3.63) is 35.9 Å². The van der Waals surface area contributed by atoms with E-state index in [1.165, 1.54) is 6.92 Å². The maximum absolute atomic E-state index is 10.4. The van der Waals surface area contributed by atoms with Gasteiger partial charge in [0.25, 0.3) is 0 Å². The summed E-state index contributed by atoms with van der Waals surface area (Å²) in [5.41, 5.74) is 1.02. The van der Waals surface area contributed by atoms with E-state index >= 15 is 0 Å². The van der Waals surface area contributed by atoms with E-state index in [0.29, 0.717) is 6.61 Å². The van der Waals surface area contributed by atoms with Crippen molar-refractivity contribution in [2.75, 3.05) is 0 Å². The molecule has 3 heteroatoms. The zero-order valence-electron chi connectivity index (χ0n) is 9.12. The first-order chi connectivity index (χ1) is 5.29. The molecule has 1 aromatic rings. The molecule has 0 saturated heterocycles. The van der Waals surface area contributed by atoms with Crippen molar-refractivity contribution in [1.82, 2.24) is 0 Å². The summed E-state index contributed by atoms with van der Waals surface area (Å²) >= 11 is 0. The molecule has 0 atom stereocenters. The largest absolute Gasteiger partial charge is 2.00 e. The van der Waals surface area contributed by atoms with Crippen LogP contribution >= 0.6 is 0 Å². The van der Waals surface area contributed by atoms with Crippen molar-refractivity contribution in [2.24, 2.45) is 0 Å². The second-order valence-electron chi connectivity index (χ2n) is 2.27. The zero-order valence-corrected chi connectivity index (χ0v) is 8.53. The minimum Gasteiger partial charge on any atom is -1.00 e. The third-order valence-corrected chi connectivity index (χ3v) is 1.28. The van der Waals surface area contributed by atoms with Gasteiger partial charge < -0.3 is 7.59 Å². The fourth-order valence-electron chi connectivity index (χ4n) is 0.759. The van der Waals surface area contributed by atoms with Crippen LogP contribution in [0.25, 0.3) is 0 Å². The van der Waals surface area contributed by atoms with Crippen molar-refractivity contribution in [3.8, 4) is 0 Å². The second kappa shape index (κ2) is 6.03. The number of ether oxygens (including phenoxy) is 1. The quantitative estimate of drug-likeness (QED) is 0.505. The average molecular weight is 176 g/mol. The Labute approximate surface area is 91.0 Å². The zero-order chi connectivity index (χ0) is 8.10. The normalized spacial score (nSPS) is 8.42. The number of carbonyl (C=O) groups excluding carboxylic acids is 1. The van der Waals surface area contributed by atoms with Gasteiger partial charge in [-0.05, 0) is 5.56 Å². The number of hydrogen-bond acceptors (Lipinski definition) is 2. The van der Waals surface area contributed by atoms with Gasteiger partial charge in [-0.25, -0.2) is 0 Å². The SMILES string of the molecule is CC(=O)OCc1ccccc1.[H-].[H-].[Mg+2]. The summed E-state index contributed by atoms with van der Waals surface area (Å²) in [6.07, 6.45) is 0. The van der Waals surface area contributed by atoms with E-state index in [9.17, 15) is 4.79 Å². The Bertz CT molecular complexity index is 242. The van der Waals surface area contributed by atoms with Crippen molar-refractivity contribution in [1.29, 1.82) is 0 Å². The third kappa shape index (κ3) is 4.36. The predicted molar refractivity (Wildman–Crippen MR) is 49.9 cm³/mol. The number of carbonyl (C=O) groups is 1. The van der Waals surface area contributed by atoms with Crippen LogP contribution in [0.2, 0.25) is 0 Å². The second-order valence-corrected chi connectivity index (χ2v) is 2.27. The van der Waals surface area contributed by atoms with Crippen LogP contribution in [-0.4, -0.2) is 29.0 Å². The minimum absolute atomic E-state index is 0. The number of esters is 1. The monoisotopic (exact) mass is 176 g/mol. The molecular formula is C9H12MgO2. The van der Waals surface area contributed by atoms with E-state index in [1.807, 2.05) is 30.3 Å². The molecule has 62 valence electrons. The maximum Gasteiger partial charge on any atom is 2.00 e. The van der Waals surface area contributed by atoms with E-state index in [0.717, 1.165) is 5.56 Å². The molecule has 0 aliphatic carbocycles. The van der Waals surface area contributed by atoms with Crippen molar-refractivity contribution in [2.45, 2.75) is 13.5 Å². The molecule has 12 heavy (non-hydrogen) atoms. The number of benzene rings is 1. The molecule has 0 radical (unpaired) electrons. The van der Waals surface area contributed by atoms with E-state index in [1.54, 1.807) is 0 Å². The summed E-state index contributed by atoms with van der Waals surface area (Å²) in [4.78, 5) is 10.4. The molecule has 0 aliphatic rings. The fraction of sp³-hybridized carbons (Fsp3) is 0.222. The molecule has 0 aromatic heterocycles. The van der Waals surface area contributed by atoms with Crippen LogP contribution in [-0.2, 0) is 16.1 Å². The molecule has 0 fully saturated rings. The maximum atomic E-state index is 10.4. The Morgan fingerprint density at radius 3 is 2.50 bits per heavy atom. The standard InChI is InChI=1S/C9H10O2.Mg.2H/c1-8(10)11-7-9-5-3-2-4-6-9;;;/h2-6H,7H2,1H3;;;/q;+2;2*-1. The van der Waals surface area contributed by atoms with Crippen LogP contribution in [0.4, 0.5) is 0 Å². The van der Waals surface area contributed by atoms with Crippen molar-refractivity contribution >= 4 is 29.0 Å². The topological polar surface area (TPSA) is 26.3 Å². The molecule has 0 aliphatic heterocycles. The summed E-state index contributed by atoms with van der Waals surface area (Å²) in [5, 5.41) is 0. The van der Waals surface area contributed by atoms with Gasteiger partial charge in [-0.3, -0.25) is 4.79 Å². The van der Waals surface area contributed by atoms with Gasteiger partial charge in [0.2, 0.25) is 0 Å². The van der Waals surface area contributed by atoms with Crippen LogP contribution in [0.3, 0.4) is 0 Å².